The number of aryl methyl sites for hydroxylation is 1. The van der Waals surface area contributed by atoms with E-state index in [2.05, 4.69) is 21.2 Å². The van der Waals surface area contributed by atoms with Gasteiger partial charge in [0.15, 0.2) is 17.3 Å². The van der Waals surface area contributed by atoms with Crippen LogP contribution in [0.25, 0.3) is 6.08 Å². The van der Waals surface area contributed by atoms with Crippen molar-refractivity contribution in [3.05, 3.63) is 45.1 Å². The van der Waals surface area contributed by atoms with Crippen molar-refractivity contribution in [1.29, 1.82) is 0 Å². The van der Waals surface area contributed by atoms with Crippen LogP contribution >= 0.6 is 15.9 Å². The first kappa shape index (κ1) is 23.2. The zero-order valence-corrected chi connectivity index (χ0v) is 18.8. The molecule has 0 unspecified atom stereocenters. The molecule has 0 bridgehead atoms. The Labute approximate surface area is 182 Å². The van der Waals surface area contributed by atoms with Crippen molar-refractivity contribution in [2.24, 2.45) is 0 Å². The fraction of sp³-hybridized carbons (Fsp3) is 0.286. The lowest BCUT2D eigenvalue weighted by atomic mass is 10.1. The molecule has 2 aromatic rings. The summed E-state index contributed by atoms with van der Waals surface area (Å²) in [4.78, 5) is 36.6. The van der Waals surface area contributed by atoms with Crippen LogP contribution in [-0.2, 0) is 9.53 Å². The molecule has 0 radical (unpaired) electrons. The highest BCUT2D eigenvalue weighted by atomic mass is 79.9. The number of ketones is 1. The first-order valence-corrected chi connectivity index (χ1v) is 9.74. The number of rotatable bonds is 8. The summed E-state index contributed by atoms with van der Waals surface area (Å²) < 4.78 is 21.6. The third kappa shape index (κ3) is 5.10. The van der Waals surface area contributed by atoms with Gasteiger partial charge < -0.3 is 18.6 Å². The maximum Gasteiger partial charge on any atom is 0.344 e. The number of ether oxygens (including phenoxy) is 3. The summed E-state index contributed by atoms with van der Waals surface area (Å²) in [5.74, 6) is -0.582. The number of benzene rings is 1. The molecule has 160 valence electrons. The molecule has 0 fully saturated rings. The molecular formula is C21H22BrNO7. The minimum atomic E-state index is -0.748. The number of methoxy groups -OCH3 is 2. The van der Waals surface area contributed by atoms with E-state index in [1.54, 1.807) is 25.1 Å². The maximum absolute atomic E-state index is 12.4. The van der Waals surface area contributed by atoms with Gasteiger partial charge in [0, 0.05) is 6.08 Å². The van der Waals surface area contributed by atoms with Gasteiger partial charge in [0.05, 0.1) is 30.9 Å². The van der Waals surface area contributed by atoms with Crippen LogP contribution in [0.3, 0.4) is 0 Å². The van der Waals surface area contributed by atoms with E-state index in [0.29, 0.717) is 21.5 Å². The van der Waals surface area contributed by atoms with E-state index in [0.717, 1.165) is 0 Å². The van der Waals surface area contributed by atoms with Gasteiger partial charge in [-0.25, -0.2) is 4.79 Å². The fourth-order valence-corrected chi connectivity index (χ4v) is 3.44. The second-order valence-electron chi connectivity index (χ2n) is 6.07. The van der Waals surface area contributed by atoms with E-state index in [9.17, 15) is 14.4 Å². The number of nitrogens with one attached hydrogen (secondary N) is 1. The van der Waals surface area contributed by atoms with Gasteiger partial charge >= 0.3 is 5.97 Å². The number of carbonyl (C=O) groups is 3. The van der Waals surface area contributed by atoms with Gasteiger partial charge in [0.2, 0.25) is 5.88 Å². The molecule has 0 saturated heterocycles. The predicted octanol–water partition coefficient (Wildman–Crippen LogP) is 4.40. The van der Waals surface area contributed by atoms with Gasteiger partial charge in [0.25, 0.3) is 5.91 Å². The van der Waals surface area contributed by atoms with Crippen molar-refractivity contribution >= 4 is 45.5 Å². The molecule has 0 aliphatic heterocycles. The molecule has 1 heterocycles. The average Bonchev–Trinajstić information content (AvgIpc) is 3.01. The molecule has 0 saturated carbocycles. The Morgan fingerprint density at radius 1 is 1.17 bits per heavy atom. The molecular weight excluding hydrogens is 458 g/mol. The summed E-state index contributed by atoms with van der Waals surface area (Å²) in [7, 11) is 3.03. The first-order valence-electron chi connectivity index (χ1n) is 8.95. The van der Waals surface area contributed by atoms with Crippen LogP contribution in [-0.4, -0.2) is 38.5 Å². The van der Waals surface area contributed by atoms with Crippen LogP contribution in [0.1, 0.15) is 45.9 Å². The minimum absolute atomic E-state index is 0.0801. The van der Waals surface area contributed by atoms with Gasteiger partial charge in [0.1, 0.15) is 11.3 Å². The summed E-state index contributed by atoms with van der Waals surface area (Å²) in [6, 6.07) is 3.45. The normalized spacial score (nSPS) is 10.7. The lowest BCUT2D eigenvalue weighted by Crippen LogP contribution is -2.14. The maximum atomic E-state index is 12.4. The van der Waals surface area contributed by atoms with E-state index in [-0.39, 0.29) is 35.2 Å². The molecule has 1 amide bonds. The average molecular weight is 480 g/mol. The number of hydrogen-bond donors (Lipinski definition) is 1. The Hall–Kier alpha value is -3.07. The number of carbonyl (C=O) groups excluding carboxylic acids is 3. The molecule has 30 heavy (non-hydrogen) atoms. The summed E-state index contributed by atoms with van der Waals surface area (Å²) in [5, 5.41) is 2.49. The third-order valence-electron chi connectivity index (χ3n) is 4.04. The number of anilines is 1. The summed E-state index contributed by atoms with van der Waals surface area (Å²) >= 11 is 3.39. The molecule has 0 aliphatic rings. The lowest BCUT2D eigenvalue weighted by molar-refractivity contribution is -0.111. The van der Waals surface area contributed by atoms with Crippen molar-refractivity contribution in [2.45, 2.75) is 20.8 Å². The van der Waals surface area contributed by atoms with Gasteiger partial charge in [-0.05, 0) is 60.5 Å². The highest BCUT2D eigenvalue weighted by molar-refractivity contribution is 9.10. The fourth-order valence-electron chi connectivity index (χ4n) is 2.81. The topological polar surface area (TPSA) is 104 Å². The smallest absolute Gasteiger partial charge is 0.344 e. The molecule has 1 aromatic heterocycles. The van der Waals surface area contributed by atoms with Crippen LogP contribution in [0.15, 0.2) is 27.1 Å². The standard InChI is InChI=1S/C21H22BrNO7/c1-6-29-21(26)18-17(11(2)24)12(3)30-20(18)23-16(25)8-7-13-9-14(22)19(28-5)15(10-13)27-4/h7-10H,6H2,1-5H3,(H,23,25)/b8-7+. The van der Waals surface area contributed by atoms with Crippen molar-refractivity contribution < 1.29 is 33.0 Å². The number of furan rings is 1. The Morgan fingerprint density at radius 3 is 2.43 bits per heavy atom. The largest absolute Gasteiger partial charge is 0.493 e. The van der Waals surface area contributed by atoms with E-state index in [4.69, 9.17) is 18.6 Å². The Kier molecular flexibility index (Phi) is 7.82. The van der Waals surface area contributed by atoms with Crippen molar-refractivity contribution in [3.8, 4) is 11.5 Å². The Bertz CT molecular complexity index is 1010. The molecule has 0 aliphatic carbocycles. The summed E-state index contributed by atoms with van der Waals surface area (Å²) in [6.07, 6.45) is 2.81. The number of amides is 1. The summed E-state index contributed by atoms with van der Waals surface area (Å²) in [6.45, 7) is 4.59. The first-order chi connectivity index (χ1) is 14.2. The van der Waals surface area contributed by atoms with Crippen LogP contribution in [0.2, 0.25) is 0 Å². The highest BCUT2D eigenvalue weighted by Gasteiger charge is 2.28. The molecule has 1 aromatic carbocycles. The molecule has 8 nitrogen and oxygen atoms in total. The van der Waals surface area contributed by atoms with E-state index in [1.165, 1.54) is 34.1 Å². The molecule has 9 heteroatoms. The quantitative estimate of drug-likeness (QED) is 0.339. The number of esters is 1. The lowest BCUT2D eigenvalue weighted by Gasteiger charge is -2.10. The number of Topliss-reactive ketones (excluding diaryl/α,β-unsaturated/α-hetero) is 1. The Balaban J connectivity index is 2.31. The third-order valence-corrected chi connectivity index (χ3v) is 4.62. The predicted molar refractivity (Wildman–Crippen MR) is 114 cm³/mol. The monoisotopic (exact) mass is 479 g/mol. The molecule has 0 atom stereocenters. The molecule has 1 N–H and O–H groups in total. The van der Waals surface area contributed by atoms with Gasteiger partial charge in [-0.1, -0.05) is 0 Å². The second kappa shape index (κ2) is 10.1. The van der Waals surface area contributed by atoms with Gasteiger partial charge in [-0.15, -0.1) is 0 Å². The van der Waals surface area contributed by atoms with Crippen LogP contribution in [0.4, 0.5) is 5.88 Å². The highest BCUT2D eigenvalue weighted by Crippen LogP contribution is 2.36. The molecule has 0 spiro atoms. The van der Waals surface area contributed by atoms with Crippen LogP contribution in [0.5, 0.6) is 11.5 Å². The molecule has 2 rings (SSSR count). The van der Waals surface area contributed by atoms with Gasteiger partial charge in [-0.2, -0.15) is 0 Å². The summed E-state index contributed by atoms with van der Waals surface area (Å²) in [5.41, 5.74) is 0.648. The van der Waals surface area contributed by atoms with E-state index in [1.807, 2.05) is 0 Å². The Morgan fingerprint density at radius 2 is 1.87 bits per heavy atom. The van der Waals surface area contributed by atoms with E-state index < -0.39 is 11.9 Å². The van der Waals surface area contributed by atoms with Crippen LogP contribution < -0.4 is 14.8 Å². The van der Waals surface area contributed by atoms with Crippen molar-refractivity contribution in [3.63, 3.8) is 0 Å². The zero-order valence-electron chi connectivity index (χ0n) is 17.3. The van der Waals surface area contributed by atoms with Crippen molar-refractivity contribution in [1.82, 2.24) is 0 Å². The van der Waals surface area contributed by atoms with Crippen LogP contribution in [0, 0.1) is 6.92 Å². The van der Waals surface area contributed by atoms with Crippen molar-refractivity contribution in [2.75, 3.05) is 26.1 Å². The minimum Gasteiger partial charge on any atom is -0.493 e. The SMILES string of the molecule is CCOC(=O)c1c(NC(=O)/C=C/c2cc(Br)c(OC)c(OC)c2)oc(C)c1C(C)=O. The number of hydrogen-bond acceptors (Lipinski definition) is 7. The van der Waals surface area contributed by atoms with E-state index >= 15 is 0 Å². The number of halogens is 1. The second-order valence-corrected chi connectivity index (χ2v) is 6.93. The van der Waals surface area contributed by atoms with Gasteiger partial charge in [-0.3, -0.25) is 14.9 Å². The zero-order chi connectivity index (χ0) is 22.4.